The highest BCUT2D eigenvalue weighted by Gasteiger charge is 2.06. The molecule has 0 fully saturated rings. The Morgan fingerprint density at radius 1 is 0.900 bits per heavy atom. The lowest BCUT2D eigenvalue weighted by Gasteiger charge is -2.17. The molecule has 1 aliphatic rings. The van der Waals surface area contributed by atoms with Crippen LogP contribution in [0.4, 0.5) is 5.69 Å². The zero-order valence-corrected chi connectivity index (χ0v) is 19.9. The summed E-state index contributed by atoms with van der Waals surface area (Å²) < 4.78 is 25.4. The number of unbranched alkanes of at least 4 members (excludes halogenated alkanes) is 9. The van der Waals surface area contributed by atoms with E-state index in [9.17, 15) is 8.42 Å². The Morgan fingerprint density at radius 2 is 1.47 bits per heavy atom. The van der Waals surface area contributed by atoms with Gasteiger partial charge in [-0.15, -0.1) is 0 Å². The van der Waals surface area contributed by atoms with Crippen molar-refractivity contribution < 1.29 is 12.7 Å². The highest BCUT2D eigenvalue weighted by Crippen LogP contribution is 2.12. The summed E-state index contributed by atoms with van der Waals surface area (Å²) in [4.78, 5) is 4.64. The van der Waals surface area contributed by atoms with Gasteiger partial charge in [-0.25, -0.2) is 5.48 Å². The number of rotatable bonds is 14. The van der Waals surface area contributed by atoms with E-state index in [-0.39, 0.29) is 0 Å². The molecule has 0 radical (unpaired) electrons. The molecule has 30 heavy (non-hydrogen) atoms. The summed E-state index contributed by atoms with van der Waals surface area (Å²) in [6.07, 6.45) is 19.6. The maximum absolute atomic E-state index is 10.5. The molecule has 172 valence electrons. The Kier molecular flexibility index (Phi) is 14.1. The third-order valence-electron chi connectivity index (χ3n) is 4.82. The Labute approximate surface area is 184 Å². The Bertz CT molecular complexity index is 666. The van der Waals surface area contributed by atoms with Crippen LogP contribution in [0.15, 0.2) is 42.7 Å². The van der Waals surface area contributed by atoms with E-state index >= 15 is 0 Å². The van der Waals surface area contributed by atoms with Crippen LogP contribution < -0.4 is 5.48 Å². The first kappa shape index (κ1) is 26.3. The van der Waals surface area contributed by atoms with Gasteiger partial charge < -0.3 is 9.80 Å². The molecule has 0 spiro atoms. The summed E-state index contributed by atoms with van der Waals surface area (Å²) in [6.45, 7) is 4.60. The van der Waals surface area contributed by atoms with Crippen molar-refractivity contribution in [2.24, 2.45) is 0 Å². The SMILES string of the molecule is CCCCCCCCCCCCN1C=CN(C)C1.CS(=O)(=O)ONc1ccccc1. The molecule has 0 saturated heterocycles. The number of benzene rings is 1. The standard InChI is InChI=1S/C16H32N2.C7H9NO3S/c1-3-4-5-6-7-8-9-10-11-12-13-18-15-14-17(2)16-18;1-12(9,10)11-8-7-5-3-2-4-6-7/h14-15H,3-13,16H2,1-2H3;2-6,8H,1H3. The summed E-state index contributed by atoms with van der Waals surface area (Å²) in [6, 6.07) is 8.77. The van der Waals surface area contributed by atoms with Crippen molar-refractivity contribution >= 4 is 15.8 Å². The Balaban J connectivity index is 0.000000325. The molecule has 0 saturated carbocycles. The first-order chi connectivity index (χ1) is 14.4. The molecule has 0 aliphatic carbocycles. The molecule has 1 aromatic carbocycles. The van der Waals surface area contributed by atoms with Crippen molar-refractivity contribution in [2.75, 3.05) is 32.0 Å². The fraction of sp³-hybridized carbons (Fsp3) is 0.652. The second-order valence-electron chi connectivity index (χ2n) is 7.95. The molecule has 0 aromatic heterocycles. The lowest BCUT2D eigenvalue weighted by atomic mass is 10.1. The quantitative estimate of drug-likeness (QED) is 0.302. The minimum atomic E-state index is -3.43. The van der Waals surface area contributed by atoms with Crippen molar-refractivity contribution in [1.82, 2.24) is 9.80 Å². The molecular weight excluding hydrogens is 398 g/mol. The van der Waals surface area contributed by atoms with Gasteiger partial charge in [0.05, 0.1) is 18.6 Å². The number of anilines is 1. The summed E-state index contributed by atoms with van der Waals surface area (Å²) in [7, 11) is -1.30. The minimum Gasteiger partial charge on any atom is -0.362 e. The van der Waals surface area contributed by atoms with Crippen LogP contribution in [0.25, 0.3) is 0 Å². The molecule has 6 nitrogen and oxygen atoms in total. The van der Waals surface area contributed by atoms with E-state index in [4.69, 9.17) is 0 Å². The van der Waals surface area contributed by atoms with Crippen molar-refractivity contribution in [3.05, 3.63) is 42.7 Å². The smallest absolute Gasteiger partial charge is 0.284 e. The molecule has 1 heterocycles. The van der Waals surface area contributed by atoms with Crippen LogP contribution >= 0.6 is 0 Å². The van der Waals surface area contributed by atoms with Gasteiger partial charge in [0.15, 0.2) is 0 Å². The van der Waals surface area contributed by atoms with Crippen LogP contribution in [-0.4, -0.2) is 44.7 Å². The summed E-state index contributed by atoms with van der Waals surface area (Å²) in [5.74, 6) is 0. The van der Waals surface area contributed by atoms with Crippen LogP contribution in [0.5, 0.6) is 0 Å². The molecule has 2 rings (SSSR count). The lowest BCUT2D eigenvalue weighted by Crippen LogP contribution is -2.23. The molecule has 0 bridgehead atoms. The van der Waals surface area contributed by atoms with Crippen molar-refractivity contribution in [3.63, 3.8) is 0 Å². The number of nitrogens with one attached hydrogen (secondary N) is 1. The lowest BCUT2D eigenvalue weighted by molar-refractivity contribution is 0.290. The van der Waals surface area contributed by atoms with Gasteiger partial charge in [0, 0.05) is 26.0 Å². The van der Waals surface area contributed by atoms with Crippen LogP contribution in [-0.2, 0) is 14.4 Å². The summed E-state index contributed by atoms with van der Waals surface area (Å²) in [5, 5.41) is 0. The van der Waals surface area contributed by atoms with E-state index in [0.29, 0.717) is 5.69 Å². The number of nitrogens with zero attached hydrogens (tertiary/aromatic N) is 2. The van der Waals surface area contributed by atoms with Gasteiger partial charge >= 0.3 is 0 Å². The van der Waals surface area contributed by atoms with Gasteiger partial charge in [-0.05, 0) is 18.6 Å². The van der Waals surface area contributed by atoms with Gasteiger partial charge in [-0.3, -0.25) is 0 Å². The van der Waals surface area contributed by atoms with Crippen LogP contribution in [0.1, 0.15) is 71.1 Å². The van der Waals surface area contributed by atoms with Gasteiger partial charge in [0.2, 0.25) is 0 Å². The van der Waals surface area contributed by atoms with E-state index in [1.54, 1.807) is 24.3 Å². The van der Waals surface area contributed by atoms with Gasteiger partial charge in [-0.1, -0.05) is 82.9 Å². The first-order valence-electron chi connectivity index (χ1n) is 11.2. The van der Waals surface area contributed by atoms with E-state index in [2.05, 4.69) is 45.9 Å². The van der Waals surface area contributed by atoms with Crippen LogP contribution in [0.2, 0.25) is 0 Å². The van der Waals surface area contributed by atoms with Crippen molar-refractivity contribution in [3.8, 4) is 0 Å². The molecule has 0 atom stereocenters. The highest BCUT2D eigenvalue weighted by atomic mass is 32.2. The van der Waals surface area contributed by atoms with E-state index in [1.165, 1.54) is 70.8 Å². The van der Waals surface area contributed by atoms with Gasteiger partial charge in [0.1, 0.15) is 0 Å². The Morgan fingerprint density at radius 3 is 1.97 bits per heavy atom. The summed E-state index contributed by atoms with van der Waals surface area (Å²) >= 11 is 0. The third kappa shape index (κ3) is 15.2. The third-order valence-corrected chi connectivity index (χ3v) is 5.21. The molecular formula is C23H41N3O3S. The Hall–Kier alpha value is -1.73. The average molecular weight is 440 g/mol. The fourth-order valence-electron chi connectivity index (χ4n) is 3.17. The average Bonchev–Trinajstić information content (AvgIpc) is 3.14. The van der Waals surface area contributed by atoms with Crippen LogP contribution in [0, 0.1) is 0 Å². The molecule has 0 amide bonds. The minimum absolute atomic E-state index is 0.600. The molecule has 0 unspecified atom stereocenters. The van der Waals surface area contributed by atoms with Gasteiger partial charge in [0.25, 0.3) is 10.1 Å². The highest BCUT2D eigenvalue weighted by molar-refractivity contribution is 7.86. The second-order valence-corrected chi connectivity index (χ2v) is 9.52. The monoisotopic (exact) mass is 439 g/mol. The van der Waals surface area contributed by atoms with E-state index in [1.807, 2.05) is 6.07 Å². The zero-order chi connectivity index (χ0) is 22.1. The molecule has 1 N–H and O–H groups in total. The van der Waals surface area contributed by atoms with E-state index < -0.39 is 10.1 Å². The topological polar surface area (TPSA) is 61.9 Å². The number of para-hydroxylation sites is 1. The first-order valence-corrected chi connectivity index (χ1v) is 13.0. The number of hydrogen-bond acceptors (Lipinski definition) is 6. The molecule has 1 aliphatic heterocycles. The maximum Gasteiger partial charge on any atom is 0.284 e. The largest absolute Gasteiger partial charge is 0.362 e. The maximum atomic E-state index is 10.5. The van der Waals surface area contributed by atoms with Crippen molar-refractivity contribution in [2.45, 2.75) is 71.1 Å². The second kappa shape index (κ2) is 16.0. The summed E-state index contributed by atoms with van der Waals surface area (Å²) in [5.41, 5.74) is 2.90. The van der Waals surface area contributed by atoms with Crippen molar-refractivity contribution in [1.29, 1.82) is 0 Å². The number of hydrogen-bond donors (Lipinski definition) is 1. The zero-order valence-electron chi connectivity index (χ0n) is 19.1. The van der Waals surface area contributed by atoms with Gasteiger partial charge in [-0.2, -0.15) is 12.7 Å². The molecule has 7 heteroatoms. The fourth-order valence-corrected chi connectivity index (χ4v) is 3.41. The molecule has 1 aromatic rings. The predicted molar refractivity (Wildman–Crippen MR) is 126 cm³/mol. The van der Waals surface area contributed by atoms with E-state index in [0.717, 1.165) is 12.9 Å². The predicted octanol–water partition coefficient (Wildman–Crippen LogP) is 5.57. The van der Waals surface area contributed by atoms with Crippen LogP contribution in [0.3, 0.4) is 0 Å². The normalized spacial score (nSPS) is 13.3.